The molecule has 1 amide bonds. The fraction of sp³-hybridized carbons (Fsp3) is 0.385. The lowest BCUT2D eigenvalue weighted by Crippen LogP contribution is -2.41. The molecule has 19 heavy (non-hydrogen) atoms. The van der Waals surface area contributed by atoms with Crippen molar-refractivity contribution in [2.24, 2.45) is 0 Å². The molecule has 0 saturated carbocycles. The van der Waals surface area contributed by atoms with Crippen LogP contribution in [-0.4, -0.2) is 34.5 Å². The minimum Gasteiger partial charge on any atom is -0.480 e. The second-order valence-electron chi connectivity index (χ2n) is 4.21. The summed E-state index contributed by atoms with van der Waals surface area (Å²) in [5.41, 5.74) is 0.463. The van der Waals surface area contributed by atoms with Crippen LogP contribution in [0.3, 0.4) is 0 Å². The second-order valence-corrected chi connectivity index (χ2v) is 5.98. The van der Waals surface area contributed by atoms with Crippen molar-refractivity contribution in [2.45, 2.75) is 26.3 Å². The van der Waals surface area contributed by atoms with Crippen LogP contribution in [0.25, 0.3) is 0 Å². The summed E-state index contributed by atoms with van der Waals surface area (Å²) in [4.78, 5) is 24.7. The number of carbonyl (C=O) groups is 2. The molecule has 0 spiro atoms. The smallest absolute Gasteiger partial charge is 0.323 e. The van der Waals surface area contributed by atoms with Gasteiger partial charge < -0.3 is 10.0 Å². The maximum Gasteiger partial charge on any atom is 0.323 e. The molecule has 1 aromatic rings. The molecule has 4 nitrogen and oxygen atoms in total. The summed E-state index contributed by atoms with van der Waals surface area (Å²) >= 11 is 6.64. The Labute approximate surface area is 129 Å². The maximum atomic E-state index is 12.4. The molecule has 0 aliphatic carbocycles. The first kappa shape index (κ1) is 16.2. The number of halogens is 2. The Bertz CT molecular complexity index is 491. The molecule has 0 aliphatic heterocycles. The number of aliphatic carboxylic acids is 1. The molecular weight excluding hydrogens is 378 g/mol. The summed E-state index contributed by atoms with van der Waals surface area (Å²) in [5.74, 6) is -1.29. The Morgan fingerprint density at radius 1 is 1.37 bits per heavy atom. The van der Waals surface area contributed by atoms with E-state index in [2.05, 4.69) is 31.9 Å². The molecule has 1 aromatic carbocycles. The second kappa shape index (κ2) is 7.05. The molecule has 0 fully saturated rings. The number of carbonyl (C=O) groups excluding carboxylic acids is 1. The third-order valence-electron chi connectivity index (χ3n) is 2.85. The lowest BCUT2D eigenvalue weighted by Gasteiger charge is -2.27. The molecule has 0 saturated heterocycles. The lowest BCUT2D eigenvalue weighted by molar-refractivity contribution is -0.138. The zero-order valence-electron chi connectivity index (χ0n) is 10.7. The van der Waals surface area contributed by atoms with Gasteiger partial charge in [0.2, 0.25) is 0 Å². The summed E-state index contributed by atoms with van der Waals surface area (Å²) in [6, 6.07) is 5.07. The van der Waals surface area contributed by atoms with Gasteiger partial charge in [0.25, 0.3) is 5.91 Å². The Balaban J connectivity index is 3.08. The van der Waals surface area contributed by atoms with Crippen molar-refractivity contribution < 1.29 is 14.7 Å². The van der Waals surface area contributed by atoms with E-state index in [1.165, 1.54) is 4.90 Å². The average Bonchev–Trinajstić information content (AvgIpc) is 2.34. The van der Waals surface area contributed by atoms with Crippen molar-refractivity contribution in [1.29, 1.82) is 0 Å². The largest absolute Gasteiger partial charge is 0.480 e. The van der Waals surface area contributed by atoms with Gasteiger partial charge in [0.1, 0.15) is 6.54 Å². The van der Waals surface area contributed by atoms with Gasteiger partial charge in [-0.1, -0.05) is 22.9 Å². The number of carboxylic acid groups (broad SMARTS) is 1. The molecule has 0 aromatic heterocycles. The third-order valence-corrected chi connectivity index (χ3v) is 4.00. The molecule has 104 valence electrons. The van der Waals surface area contributed by atoms with Crippen molar-refractivity contribution >= 4 is 43.7 Å². The molecule has 1 N–H and O–H groups in total. The van der Waals surface area contributed by atoms with Gasteiger partial charge in [-0.25, -0.2) is 0 Å². The van der Waals surface area contributed by atoms with Gasteiger partial charge in [-0.15, -0.1) is 0 Å². The Morgan fingerprint density at radius 3 is 2.47 bits per heavy atom. The van der Waals surface area contributed by atoms with Crippen LogP contribution < -0.4 is 0 Å². The van der Waals surface area contributed by atoms with E-state index >= 15 is 0 Å². The molecule has 0 aliphatic rings. The number of carboxylic acids is 1. The van der Waals surface area contributed by atoms with Crippen LogP contribution in [-0.2, 0) is 4.79 Å². The Morgan fingerprint density at radius 2 is 2.00 bits per heavy atom. The Kier molecular flexibility index (Phi) is 6.00. The highest BCUT2D eigenvalue weighted by Gasteiger charge is 2.24. The lowest BCUT2D eigenvalue weighted by atomic mass is 10.1. The first-order chi connectivity index (χ1) is 8.86. The highest BCUT2D eigenvalue weighted by molar-refractivity contribution is 9.11. The van der Waals surface area contributed by atoms with Crippen molar-refractivity contribution in [1.82, 2.24) is 4.90 Å². The van der Waals surface area contributed by atoms with E-state index < -0.39 is 5.97 Å². The molecular formula is C13H15Br2NO3. The van der Waals surface area contributed by atoms with E-state index in [4.69, 9.17) is 5.11 Å². The standard InChI is InChI=1S/C13H15Br2NO3/c1-3-8(2)16(7-12(17)18)13(19)10-5-4-9(14)6-11(10)15/h4-6,8H,3,7H2,1-2H3,(H,17,18). The van der Waals surface area contributed by atoms with E-state index in [9.17, 15) is 9.59 Å². The highest BCUT2D eigenvalue weighted by Crippen LogP contribution is 2.24. The monoisotopic (exact) mass is 391 g/mol. The van der Waals surface area contributed by atoms with Crippen LogP contribution in [0.1, 0.15) is 30.6 Å². The summed E-state index contributed by atoms with van der Waals surface area (Å²) in [5, 5.41) is 8.92. The predicted molar refractivity (Wildman–Crippen MR) is 80.3 cm³/mol. The summed E-state index contributed by atoms with van der Waals surface area (Å²) in [6.45, 7) is 3.47. The van der Waals surface area contributed by atoms with Crippen LogP contribution in [0.2, 0.25) is 0 Å². The summed E-state index contributed by atoms with van der Waals surface area (Å²) in [7, 11) is 0. The van der Waals surface area contributed by atoms with E-state index in [-0.39, 0.29) is 18.5 Å². The number of amides is 1. The van der Waals surface area contributed by atoms with Gasteiger partial charge in [-0.2, -0.15) is 0 Å². The minimum absolute atomic E-state index is 0.126. The minimum atomic E-state index is -1.01. The van der Waals surface area contributed by atoms with Crippen molar-refractivity contribution in [2.75, 3.05) is 6.54 Å². The number of nitrogens with zero attached hydrogens (tertiary/aromatic N) is 1. The van der Waals surface area contributed by atoms with Crippen molar-refractivity contribution in [3.63, 3.8) is 0 Å². The van der Waals surface area contributed by atoms with Crippen LogP contribution in [0.15, 0.2) is 27.1 Å². The normalized spacial score (nSPS) is 12.0. The van der Waals surface area contributed by atoms with E-state index in [0.29, 0.717) is 16.5 Å². The fourth-order valence-electron chi connectivity index (χ4n) is 1.61. The Hall–Kier alpha value is -0.880. The molecule has 0 bridgehead atoms. The topological polar surface area (TPSA) is 57.6 Å². The van der Waals surface area contributed by atoms with Crippen molar-refractivity contribution in [3.05, 3.63) is 32.7 Å². The summed E-state index contributed by atoms with van der Waals surface area (Å²) < 4.78 is 1.50. The molecule has 6 heteroatoms. The zero-order valence-corrected chi connectivity index (χ0v) is 13.9. The van der Waals surface area contributed by atoms with Gasteiger partial charge in [0.05, 0.1) is 5.56 Å². The number of rotatable bonds is 5. The maximum absolute atomic E-state index is 12.4. The molecule has 1 rings (SSSR count). The SMILES string of the molecule is CCC(C)N(CC(=O)O)C(=O)c1ccc(Br)cc1Br. The van der Waals surface area contributed by atoms with E-state index in [1.807, 2.05) is 13.8 Å². The first-order valence-electron chi connectivity index (χ1n) is 5.84. The summed E-state index contributed by atoms with van der Waals surface area (Å²) in [6.07, 6.45) is 0.702. The first-order valence-corrected chi connectivity index (χ1v) is 7.43. The van der Waals surface area contributed by atoms with Crippen LogP contribution in [0, 0.1) is 0 Å². The van der Waals surface area contributed by atoms with Gasteiger partial charge >= 0.3 is 5.97 Å². The number of hydrogen-bond donors (Lipinski definition) is 1. The number of hydrogen-bond acceptors (Lipinski definition) is 2. The van der Waals surface area contributed by atoms with E-state index in [1.54, 1.807) is 18.2 Å². The van der Waals surface area contributed by atoms with E-state index in [0.717, 1.165) is 4.47 Å². The average molecular weight is 393 g/mol. The van der Waals surface area contributed by atoms with Crippen molar-refractivity contribution in [3.8, 4) is 0 Å². The molecule has 0 heterocycles. The van der Waals surface area contributed by atoms with Crippen LogP contribution in [0.4, 0.5) is 0 Å². The van der Waals surface area contributed by atoms with Crippen LogP contribution in [0.5, 0.6) is 0 Å². The van der Waals surface area contributed by atoms with Crippen LogP contribution >= 0.6 is 31.9 Å². The molecule has 1 atom stereocenters. The highest BCUT2D eigenvalue weighted by atomic mass is 79.9. The van der Waals surface area contributed by atoms with Gasteiger partial charge in [0, 0.05) is 15.0 Å². The van der Waals surface area contributed by atoms with Gasteiger partial charge in [0.15, 0.2) is 0 Å². The molecule has 0 radical (unpaired) electrons. The zero-order chi connectivity index (χ0) is 14.6. The van der Waals surface area contributed by atoms with Gasteiger partial charge in [-0.3, -0.25) is 9.59 Å². The quantitative estimate of drug-likeness (QED) is 0.833. The number of benzene rings is 1. The fourth-order valence-corrected chi connectivity index (χ4v) is 2.83. The third kappa shape index (κ3) is 4.31. The predicted octanol–water partition coefficient (Wildman–Crippen LogP) is 3.54. The van der Waals surface area contributed by atoms with Gasteiger partial charge in [-0.05, 0) is 47.5 Å². The molecule has 1 unspecified atom stereocenters.